The zero-order chi connectivity index (χ0) is 42.2. The van der Waals surface area contributed by atoms with Crippen LogP contribution in [0.1, 0.15) is 58.7 Å². The number of aryl methyl sites for hydroxylation is 2. The van der Waals surface area contributed by atoms with E-state index >= 15 is 0 Å². The summed E-state index contributed by atoms with van der Waals surface area (Å²) in [4.78, 5) is 27.4. The minimum Gasteiger partial charge on any atom is -0.481 e. The van der Waals surface area contributed by atoms with Gasteiger partial charge in [0.1, 0.15) is 22.7 Å². The smallest absolute Gasteiger partial charge is 0.419 e. The number of hydrogen-bond acceptors (Lipinski definition) is 10. The molecular weight excluding hydrogens is 807 g/mol. The number of thiophene rings is 2. The van der Waals surface area contributed by atoms with E-state index in [4.69, 9.17) is 30.4 Å². The molecule has 4 N–H and O–H groups in total. The number of esters is 2. The summed E-state index contributed by atoms with van der Waals surface area (Å²) in [6, 6.07) is 20.2. The van der Waals surface area contributed by atoms with E-state index in [1.807, 2.05) is 0 Å². The molecule has 0 aliphatic rings. The maximum absolute atomic E-state index is 13.9. The van der Waals surface area contributed by atoms with Crippen LogP contribution in [0, 0.1) is 13.8 Å². The van der Waals surface area contributed by atoms with Gasteiger partial charge in [-0.3, -0.25) is 11.5 Å². The molecule has 2 aromatic heterocycles. The summed E-state index contributed by atoms with van der Waals surface area (Å²) in [7, 11) is 0. The lowest BCUT2D eigenvalue weighted by Crippen LogP contribution is -2.43. The first-order chi connectivity index (χ1) is 27.2. The lowest BCUT2D eigenvalue weighted by Gasteiger charge is -2.34. The zero-order valence-corrected chi connectivity index (χ0v) is 33.1. The first-order valence-corrected chi connectivity index (χ1v) is 19.5. The van der Waals surface area contributed by atoms with Gasteiger partial charge < -0.3 is 18.9 Å². The fourth-order valence-electron chi connectivity index (χ4n) is 6.95. The van der Waals surface area contributed by atoms with E-state index in [1.165, 1.54) is 34.8 Å². The number of halogens is 6. The summed E-state index contributed by atoms with van der Waals surface area (Å²) in [5, 5.41) is 4.88. The number of nitrogens with two attached hydrogens (primary N) is 2. The van der Waals surface area contributed by atoms with Gasteiger partial charge in [-0.25, -0.2) is 9.59 Å². The van der Waals surface area contributed by atoms with Crippen LogP contribution >= 0.6 is 22.7 Å². The second-order valence-corrected chi connectivity index (χ2v) is 16.0. The SMILES string of the molecule is Cc1ccsc1C(C)(CC(N)OC(=O)C(=O)OC(N)CC(C)(Oc1cc(C(F)(F)F)cc2ccccc12)c1sccc1C)Oc1cc(C(F)(F)F)cc2ccccc12. The van der Waals surface area contributed by atoms with E-state index in [9.17, 15) is 35.9 Å². The molecule has 4 unspecified atom stereocenters. The Labute approximate surface area is 337 Å². The summed E-state index contributed by atoms with van der Waals surface area (Å²) >= 11 is 2.51. The highest BCUT2D eigenvalue weighted by molar-refractivity contribution is 7.10. The van der Waals surface area contributed by atoms with E-state index in [1.54, 1.807) is 87.0 Å². The Bertz CT molecular complexity index is 2300. The van der Waals surface area contributed by atoms with Crippen molar-refractivity contribution in [2.24, 2.45) is 11.5 Å². The van der Waals surface area contributed by atoms with E-state index in [2.05, 4.69) is 0 Å². The molecule has 4 atom stereocenters. The third-order valence-corrected chi connectivity index (χ3v) is 12.0. The molecule has 8 nitrogen and oxygen atoms in total. The molecular formula is C42H38F6N2O6S2. The van der Waals surface area contributed by atoms with Gasteiger partial charge in [0, 0.05) is 23.6 Å². The van der Waals surface area contributed by atoms with Crippen molar-refractivity contribution < 1.29 is 54.9 Å². The van der Waals surface area contributed by atoms with Crippen LogP contribution < -0.4 is 20.9 Å². The Morgan fingerprint density at radius 2 is 0.966 bits per heavy atom. The Morgan fingerprint density at radius 3 is 1.29 bits per heavy atom. The van der Waals surface area contributed by atoms with Crippen LogP contribution in [0.3, 0.4) is 0 Å². The van der Waals surface area contributed by atoms with Gasteiger partial charge in [0.15, 0.2) is 12.5 Å². The number of alkyl halides is 6. The van der Waals surface area contributed by atoms with Gasteiger partial charge >= 0.3 is 24.3 Å². The maximum atomic E-state index is 13.9. The highest BCUT2D eigenvalue weighted by Crippen LogP contribution is 2.44. The first kappa shape index (κ1) is 42.4. The summed E-state index contributed by atoms with van der Waals surface area (Å²) in [6.45, 7) is 6.73. The van der Waals surface area contributed by atoms with Crippen molar-refractivity contribution in [3.63, 3.8) is 0 Å². The molecule has 58 heavy (non-hydrogen) atoms. The minimum absolute atomic E-state index is 0.0889. The fraction of sp³-hybridized carbons (Fsp3) is 0.286. The van der Waals surface area contributed by atoms with Crippen molar-refractivity contribution in [1.29, 1.82) is 0 Å². The number of rotatable bonds is 12. The van der Waals surface area contributed by atoms with Crippen LogP contribution in [0.4, 0.5) is 26.3 Å². The fourth-order valence-corrected chi connectivity index (χ4v) is 9.02. The minimum atomic E-state index is -4.68. The Kier molecular flexibility index (Phi) is 11.9. The molecule has 0 spiro atoms. The van der Waals surface area contributed by atoms with Crippen LogP contribution in [0.25, 0.3) is 21.5 Å². The van der Waals surface area contributed by atoms with Crippen LogP contribution in [0.2, 0.25) is 0 Å². The third-order valence-electron chi connectivity index (χ3n) is 9.52. The van der Waals surface area contributed by atoms with E-state index < -0.39 is 59.1 Å². The topological polar surface area (TPSA) is 123 Å². The molecule has 0 radical (unpaired) electrons. The summed E-state index contributed by atoms with van der Waals surface area (Å²) in [5.41, 5.74) is 9.23. The second-order valence-electron chi connectivity index (χ2n) is 14.2. The van der Waals surface area contributed by atoms with Gasteiger partial charge in [0.05, 0.1) is 20.9 Å². The lowest BCUT2D eigenvalue weighted by atomic mass is 9.95. The van der Waals surface area contributed by atoms with Gasteiger partial charge in [0.2, 0.25) is 0 Å². The highest BCUT2D eigenvalue weighted by atomic mass is 32.1. The monoisotopic (exact) mass is 844 g/mol. The number of carbonyl (C=O) groups excluding carboxylic acids is 2. The number of hydrogen-bond donors (Lipinski definition) is 2. The first-order valence-electron chi connectivity index (χ1n) is 17.8. The predicted octanol–water partition coefficient (Wildman–Crippen LogP) is 10.5. The molecule has 0 aliphatic heterocycles. The molecule has 0 saturated carbocycles. The summed E-state index contributed by atoms with van der Waals surface area (Å²) in [6.07, 6.45) is -13.0. The Hall–Kier alpha value is -5.16. The quantitative estimate of drug-likeness (QED) is 0.0540. The van der Waals surface area contributed by atoms with Gasteiger partial charge in [0.25, 0.3) is 0 Å². The van der Waals surface area contributed by atoms with Gasteiger partial charge in [-0.1, -0.05) is 48.5 Å². The normalized spacial score (nSPS) is 15.3. The van der Waals surface area contributed by atoms with Crippen molar-refractivity contribution >= 4 is 56.2 Å². The van der Waals surface area contributed by atoms with E-state index in [-0.39, 0.29) is 35.1 Å². The van der Waals surface area contributed by atoms with E-state index in [0.717, 1.165) is 35.4 Å². The molecule has 0 saturated heterocycles. The molecule has 2 heterocycles. The van der Waals surface area contributed by atoms with Gasteiger partial charge in [-0.05, 0) is 96.8 Å². The third kappa shape index (κ3) is 9.25. The number of benzene rings is 4. The van der Waals surface area contributed by atoms with Crippen LogP contribution in [0.5, 0.6) is 11.5 Å². The van der Waals surface area contributed by atoms with Crippen molar-refractivity contribution in [2.75, 3.05) is 0 Å². The molecule has 6 aromatic rings. The average Bonchev–Trinajstić information content (AvgIpc) is 3.79. The average molecular weight is 845 g/mol. The van der Waals surface area contributed by atoms with Crippen molar-refractivity contribution in [3.8, 4) is 11.5 Å². The summed E-state index contributed by atoms with van der Waals surface area (Å²) in [5.74, 6) is -3.21. The molecule has 4 aromatic carbocycles. The zero-order valence-electron chi connectivity index (χ0n) is 31.5. The molecule has 6 rings (SSSR count). The molecule has 0 bridgehead atoms. The van der Waals surface area contributed by atoms with Crippen LogP contribution in [0.15, 0.2) is 95.7 Å². The van der Waals surface area contributed by atoms with Crippen molar-refractivity contribution in [3.05, 3.63) is 128 Å². The second kappa shape index (κ2) is 16.2. The Balaban J connectivity index is 1.20. The molecule has 0 aliphatic carbocycles. The van der Waals surface area contributed by atoms with E-state index in [0.29, 0.717) is 20.5 Å². The molecule has 0 amide bonds. The van der Waals surface area contributed by atoms with Crippen molar-refractivity contribution in [1.82, 2.24) is 0 Å². The molecule has 306 valence electrons. The van der Waals surface area contributed by atoms with Crippen molar-refractivity contribution in [2.45, 2.75) is 76.5 Å². The highest BCUT2D eigenvalue weighted by Gasteiger charge is 2.40. The number of ether oxygens (including phenoxy) is 4. The predicted molar refractivity (Wildman–Crippen MR) is 209 cm³/mol. The lowest BCUT2D eigenvalue weighted by molar-refractivity contribution is -0.176. The number of carbonyl (C=O) groups is 2. The standard InChI is InChI=1S/C42H38F6N2O6S2/c1-23-13-15-57-35(23)39(3,55-31-19-27(41(43,44)45)17-25-9-5-7-11-29(25)31)21-33(49)53-37(51)38(52)54-34(50)22-40(4,36-24(2)14-16-58-36)56-32-20-28(42(46,47)48)18-26-10-6-8-12-30(26)32/h5-20,33-34H,21-22,49-50H2,1-4H3. The molecule has 16 heteroatoms. The van der Waals surface area contributed by atoms with Gasteiger partial charge in [-0.15, -0.1) is 22.7 Å². The molecule has 0 fully saturated rings. The Morgan fingerprint density at radius 1 is 0.603 bits per heavy atom. The summed E-state index contributed by atoms with van der Waals surface area (Å²) < 4.78 is 107. The number of fused-ring (bicyclic) bond motifs is 2. The van der Waals surface area contributed by atoms with Gasteiger partial charge in [-0.2, -0.15) is 26.3 Å². The van der Waals surface area contributed by atoms with Crippen LogP contribution in [-0.4, -0.2) is 24.4 Å². The largest absolute Gasteiger partial charge is 0.481 e. The van der Waals surface area contributed by atoms with Crippen LogP contribution in [-0.2, 0) is 42.6 Å². The maximum Gasteiger partial charge on any atom is 0.419 e.